The standard InChI is InChI=1S/C20H24BrNO5S/c1-4-22(12-15-8-9-18(26-2)19(11-15)27-3)20(23)14-28(24,25)13-16-6-5-7-17(21)10-16/h5-11H,4,12-14H2,1-3H3. The van der Waals surface area contributed by atoms with E-state index in [0.29, 0.717) is 30.2 Å². The van der Waals surface area contributed by atoms with Gasteiger partial charge in [0.15, 0.2) is 21.3 Å². The second-order valence-corrected chi connectivity index (χ2v) is 9.24. The van der Waals surface area contributed by atoms with Crippen LogP contribution in [0, 0.1) is 0 Å². The highest BCUT2D eigenvalue weighted by atomic mass is 79.9. The summed E-state index contributed by atoms with van der Waals surface area (Å²) < 4.78 is 36.3. The first-order valence-corrected chi connectivity index (χ1v) is 11.3. The maximum atomic E-state index is 12.6. The van der Waals surface area contributed by atoms with Crippen LogP contribution in [0.1, 0.15) is 18.1 Å². The van der Waals surface area contributed by atoms with Gasteiger partial charge in [-0.2, -0.15) is 0 Å². The van der Waals surface area contributed by atoms with E-state index in [1.165, 1.54) is 4.90 Å². The van der Waals surface area contributed by atoms with Gasteiger partial charge >= 0.3 is 0 Å². The highest BCUT2D eigenvalue weighted by Crippen LogP contribution is 2.28. The summed E-state index contributed by atoms with van der Waals surface area (Å²) in [5.41, 5.74) is 1.47. The molecule has 0 bridgehead atoms. The summed E-state index contributed by atoms with van der Waals surface area (Å²) >= 11 is 3.32. The quantitative estimate of drug-likeness (QED) is 0.562. The van der Waals surface area contributed by atoms with E-state index in [4.69, 9.17) is 9.47 Å². The Balaban J connectivity index is 2.08. The molecule has 8 heteroatoms. The average molecular weight is 470 g/mol. The monoisotopic (exact) mass is 469 g/mol. The fraction of sp³-hybridized carbons (Fsp3) is 0.350. The molecule has 0 saturated carbocycles. The number of hydrogen-bond donors (Lipinski definition) is 0. The number of carbonyl (C=O) groups excluding carboxylic acids is 1. The highest BCUT2D eigenvalue weighted by Gasteiger charge is 2.22. The van der Waals surface area contributed by atoms with Gasteiger partial charge in [0.05, 0.1) is 20.0 Å². The van der Waals surface area contributed by atoms with Crippen LogP contribution in [0.5, 0.6) is 11.5 Å². The molecule has 0 unspecified atom stereocenters. The fourth-order valence-corrected chi connectivity index (χ4v) is 4.58. The predicted octanol–water partition coefficient (Wildman–Crippen LogP) is 3.43. The summed E-state index contributed by atoms with van der Waals surface area (Å²) in [7, 11) is -0.487. The van der Waals surface area contributed by atoms with Gasteiger partial charge in [0.25, 0.3) is 0 Å². The van der Waals surface area contributed by atoms with Gasteiger partial charge in [-0.3, -0.25) is 4.79 Å². The second kappa shape index (κ2) is 9.93. The zero-order valence-electron chi connectivity index (χ0n) is 16.1. The lowest BCUT2D eigenvalue weighted by Gasteiger charge is -2.21. The lowest BCUT2D eigenvalue weighted by Crippen LogP contribution is -2.35. The first-order chi connectivity index (χ1) is 13.3. The molecule has 0 radical (unpaired) electrons. The molecule has 28 heavy (non-hydrogen) atoms. The predicted molar refractivity (Wildman–Crippen MR) is 112 cm³/mol. The molecule has 6 nitrogen and oxygen atoms in total. The van der Waals surface area contributed by atoms with Crippen molar-refractivity contribution in [1.82, 2.24) is 4.90 Å². The molecule has 0 fully saturated rings. The van der Waals surface area contributed by atoms with E-state index in [1.54, 1.807) is 44.6 Å². The van der Waals surface area contributed by atoms with Crippen LogP contribution in [-0.4, -0.2) is 45.7 Å². The molecule has 1 amide bonds. The van der Waals surface area contributed by atoms with Gasteiger partial charge in [0.1, 0.15) is 5.75 Å². The van der Waals surface area contributed by atoms with Gasteiger partial charge in [-0.25, -0.2) is 8.42 Å². The first-order valence-electron chi connectivity index (χ1n) is 8.71. The SMILES string of the molecule is CCN(Cc1ccc(OC)c(OC)c1)C(=O)CS(=O)(=O)Cc1cccc(Br)c1. The van der Waals surface area contributed by atoms with Crippen LogP contribution in [0.4, 0.5) is 0 Å². The number of ether oxygens (including phenoxy) is 2. The number of rotatable bonds is 9. The summed E-state index contributed by atoms with van der Waals surface area (Å²) in [6.07, 6.45) is 0. The van der Waals surface area contributed by atoms with Crippen LogP contribution in [0.2, 0.25) is 0 Å². The Morgan fingerprint density at radius 1 is 1.04 bits per heavy atom. The Kier molecular flexibility index (Phi) is 7.88. The van der Waals surface area contributed by atoms with Gasteiger partial charge in [-0.1, -0.05) is 34.1 Å². The van der Waals surface area contributed by atoms with Gasteiger partial charge in [0, 0.05) is 17.6 Å². The molecule has 0 saturated heterocycles. The number of halogens is 1. The van der Waals surface area contributed by atoms with E-state index in [2.05, 4.69) is 15.9 Å². The molecule has 0 aliphatic heterocycles. The summed E-state index contributed by atoms with van der Waals surface area (Å²) in [5, 5.41) is 0. The second-order valence-electron chi connectivity index (χ2n) is 6.26. The summed E-state index contributed by atoms with van der Waals surface area (Å²) in [6.45, 7) is 2.52. The Hall–Kier alpha value is -2.06. The number of nitrogens with zero attached hydrogens (tertiary/aromatic N) is 1. The van der Waals surface area contributed by atoms with Crippen molar-refractivity contribution in [2.45, 2.75) is 19.2 Å². The van der Waals surface area contributed by atoms with Crippen LogP contribution >= 0.6 is 15.9 Å². The minimum absolute atomic E-state index is 0.175. The maximum Gasteiger partial charge on any atom is 0.238 e. The minimum atomic E-state index is -3.58. The molecule has 152 valence electrons. The van der Waals surface area contributed by atoms with Crippen LogP contribution < -0.4 is 9.47 Å². The van der Waals surface area contributed by atoms with Crippen molar-refractivity contribution in [1.29, 1.82) is 0 Å². The van der Waals surface area contributed by atoms with Crippen molar-refractivity contribution >= 4 is 31.7 Å². The van der Waals surface area contributed by atoms with Gasteiger partial charge in [0.2, 0.25) is 5.91 Å². The van der Waals surface area contributed by atoms with Crippen molar-refractivity contribution in [2.75, 3.05) is 26.5 Å². The van der Waals surface area contributed by atoms with Crippen LogP contribution in [-0.2, 0) is 26.9 Å². The molecule has 0 spiro atoms. The normalized spacial score (nSPS) is 11.1. The van der Waals surface area contributed by atoms with Crippen molar-refractivity contribution < 1.29 is 22.7 Å². The number of amides is 1. The molecular weight excluding hydrogens is 446 g/mol. The van der Waals surface area contributed by atoms with Crippen LogP contribution in [0.3, 0.4) is 0 Å². The van der Waals surface area contributed by atoms with Gasteiger partial charge < -0.3 is 14.4 Å². The molecule has 2 rings (SSSR count). The smallest absolute Gasteiger partial charge is 0.238 e. The number of methoxy groups -OCH3 is 2. The summed E-state index contributed by atoms with van der Waals surface area (Å²) in [5.74, 6) is 0.0301. The lowest BCUT2D eigenvalue weighted by molar-refractivity contribution is -0.128. The van der Waals surface area contributed by atoms with Crippen molar-refractivity contribution in [2.24, 2.45) is 0 Å². The van der Waals surface area contributed by atoms with E-state index in [9.17, 15) is 13.2 Å². The third-order valence-corrected chi connectivity index (χ3v) is 6.13. The van der Waals surface area contributed by atoms with Crippen LogP contribution in [0.25, 0.3) is 0 Å². The van der Waals surface area contributed by atoms with Gasteiger partial charge in [-0.05, 0) is 42.3 Å². The molecule has 0 aliphatic carbocycles. The number of benzene rings is 2. The molecule has 2 aromatic carbocycles. The molecular formula is C20H24BrNO5S. The molecule has 2 aromatic rings. The zero-order chi connectivity index (χ0) is 20.7. The van der Waals surface area contributed by atoms with E-state index in [-0.39, 0.29) is 5.75 Å². The fourth-order valence-electron chi connectivity index (χ4n) is 2.79. The Morgan fingerprint density at radius 2 is 1.75 bits per heavy atom. The largest absolute Gasteiger partial charge is 0.493 e. The Labute approximate surface area is 174 Å². The average Bonchev–Trinajstić information content (AvgIpc) is 2.64. The topological polar surface area (TPSA) is 72.9 Å². The molecule has 0 N–H and O–H groups in total. The van der Waals surface area contributed by atoms with Gasteiger partial charge in [-0.15, -0.1) is 0 Å². The third kappa shape index (κ3) is 6.24. The van der Waals surface area contributed by atoms with E-state index >= 15 is 0 Å². The van der Waals surface area contributed by atoms with Crippen LogP contribution in [0.15, 0.2) is 46.9 Å². The lowest BCUT2D eigenvalue weighted by atomic mass is 10.2. The molecule has 0 aromatic heterocycles. The number of hydrogen-bond acceptors (Lipinski definition) is 5. The van der Waals surface area contributed by atoms with E-state index < -0.39 is 21.5 Å². The summed E-state index contributed by atoms with van der Waals surface area (Å²) in [6, 6.07) is 12.4. The molecule has 0 aliphatic rings. The van der Waals surface area contributed by atoms with E-state index in [1.807, 2.05) is 19.1 Å². The van der Waals surface area contributed by atoms with Crippen molar-refractivity contribution in [3.05, 3.63) is 58.1 Å². The maximum absolute atomic E-state index is 12.6. The van der Waals surface area contributed by atoms with Crippen molar-refractivity contribution in [3.63, 3.8) is 0 Å². The third-order valence-electron chi connectivity index (χ3n) is 4.17. The highest BCUT2D eigenvalue weighted by molar-refractivity contribution is 9.10. The first kappa shape index (κ1) is 22.2. The van der Waals surface area contributed by atoms with Crippen molar-refractivity contribution in [3.8, 4) is 11.5 Å². The number of carbonyl (C=O) groups is 1. The summed E-state index contributed by atoms with van der Waals surface area (Å²) in [4.78, 5) is 14.1. The molecule has 0 atom stereocenters. The Bertz CT molecular complexity index is 930. The minimum Gasteiger partial charge on any atom is -0.493 e. The zero-order valence-corrected chi connectivity index (χ0v) is 18.5. The Morgan fingerprint density at radius 3 is 2.36 bits per heavy atom. The number of sulfone groups is 1. The van der Waals surface area contributed by atoms with E-state index in [0.717, 1.165) is 10.0 Å². The molecule has 0 heterocycles.